The predicted octanol–water partition coefficient (Wildman–Crippen LogP) is 3.40. The number of benzene rings is 1. The fourth-order valence-corrected chi connectivity index (χ4v) is 4.05. The molecule has 34 heavy (non-hydrogen) atoms. The van der Waals surface area contributed by atoms with E-state index in [9.17, 15) is 4.79 Å². The summed E-state index contributed by atoms with van der Waals surface area (Å²) in [4.78, 5) is 27.1. The van der Waals surface area contributed by atoms with Gasteiger partial charge in [0.2, 0.25) is 11.9 Å². The molecule has 1 N–H and O–H groups in total. The molecule has 0 bridgehead atoms. The Bertz CT molecular complexity index is 917. The van der Waals surface area contributed by atoms with Crippen LogP contribution < -0.4 is 19.7 Å². The van der Waals surface area contributed by atoms with Crippen molar-refractivity contribution in [3.8, 4) is 11.5 Å². The van der Waals surface area contributed by atoms with Gasteiger partial charge in [-0.2, -0.15) is 4.98 Å². The van der Waals surface area contributed by atoms with E-state index in [1.165, 1.54) is 0 Å². The lowest BCUT2D eigenvalue weighted by Crippen LogP contribution is -2.48. The van der Waals surface area contributed by atoms with E-state index >= 15 is 0 Å². The molecule has 1 aromatic carbocycles. The first-order valence-electron chi connectivity index (χ1n) is 12.2. The number of hydrogen-bond acceptors (Lipinski definition) is 8. The molecule has 1 saturated heterocycles. The third kappa shape index (κ3) is 7.21. The van der Waals surface area contributed by atoms with Gasteiger partial charge in [-0.05, 0) is 44.1 Å². The Labute approximate surface area is 203 Å². The number of piperazine rings is 1. The van der Waals surface area contributed by atoms with Gasteiger partial charge in [0.05, 0.1) is 13.7 Å². The van der Waals surface area contributed by atoms with Crippen LogP contribution in [-0.4, -0.2) is 85.2 Å². The second-order valence-corrected chi connectivity index (χ2v) is 8.36. The summed E-state index contributed by atoms with van der Waals surface area (Å²) < 4.78 is 11.5. The largest absolute Gasteiger partial charge is 0.493 e. The third-order valence-electron chi connectivity index (χ3n) is 5.97. The van der Waals surface area contributed by atoms with Crippen LogP contribution in [0.2, 0.25) is 0 Å². The lowest BCUT2D eigenvalue weighted by atomic mass is 10.2. The minimum atomic E-state index is 0.117. The number of ether oxygens (including phenoxy) is 2. The second kappa shape index (κ2) is 13.0. The van der Waals surface area contributed by atoms with Crippen molar-refractivity contribution in [3.05, 3.63) is 30.5 Å². The summed E-state index contributed by atoms with van der Waals surface area (Å²) in [5, 5.41) is 3.28. The molecule has 1 aliphatic heterocycles. The molecule has 9 heteroatoms. The summed E-state index contributed by atoms with van der Waals surface area (Å²) in [6.45, 7) is 12.7. The summed E-state index contributed by atoms with van der Waals surface area (Å²) in [5.74, 6) is 2.87. The molecule has 0 radical (unpaired) electrons. The zero-order valence-electron chi connectivity index (χ0n) is 20.9. The van der Waals surface area contributed by atoms with Crippen molar-refractivity contribution in [2.45, 2.75) is 33.6 Å². The van der Waals surface area contributed by atoms with Crippen LogP contribution >= 0.6 is 0 Å². The third-order valence-corrected chi connectivity index (χ3v) is 5.97. The van der Waals surface area contributed by atoms with Crippen LogP contribution in [0, 0.1) is 0 Å². The van der Waals surface area contributed by atoms with Gasteiger partial charge in [-0.15, -0.1) is 0 Å². The van der Waals surface area contributed by atoms with Gasteiger partial charge in [-0.1, -0.05) is 13.8 Å². The monoisotopic (exact) mass is 470 g/mol. The van der Waals surface area contributed by atoms with Crippen LogP contribution in [0.25, 0.3) is 0 Å². The van der Waals surface area contributed by atoms with Crippen molar-refractivity contribution in [3.63, 3.8) is 0 Å². The number of rotatable bonds is 12. The van der Waals surface area contributed by atoms with Crippen molar-refractivity contribution in [1.29, 1.82) is 0 Å². The Morgan fingerprint density at radius 1 is 1.12 bits per heavy atom. The van der Waals surface area contributed by atoms with Gasteiger partial charge in [0, 0.05) is 57.6 Å². The molecule has 0 atom stereocenters. The van der Waals surface area contributed by atoms with Crippen LogP contribution in [0.3, 0.4) is 0 Å². The topological polar surface area (TPSA) is 83.1 Å². The van der Waals surface area contributed by atoms with E-state index in [-0.39, 0.29) is 5.91 Å². The minimum absolute atomic E-state index is 0.117. The van der Waals surface area contributed by atoms with E-state index in [4.69, 9.17) is 9.47 Å². The molecule has 186 valence electrons. The maximum atomic E-state index is 11.6. The Kier molecular flexibility index (Phi) is 9.75. The van der Waals surface area contributed by atoms with Gasteiger partial charge in [0.1, 0.15) is 5.82 Å². The van der Waals surface area contributed by atoms with Gasteiger partial charge >= 0.3 is 0 Å². The van der Waals surface area contributed by atoms with E-state index in [0.29, 0.717) is 37.1 Å². The number of hydrogen-bond donors (Lipinski definition) is 1. The smallest absolute Gasteiger partial charge is 0.229 e. The number of methoxy groups -OCH3 is 1. The van der Waals surface area contributed by atoms with Crippen molar-refractivity contribution in [2.24, 2.45) is 0 Å². The Morgan fingerprint density at radius 3 is 2.59 bits per heavy atom. The van der Waals surface area contributed by atoms with Crippen LogP contribution in [0.1, 0.15) is 33.6 Å². The van der Waals surface area contributed by atoms with Crippen molar-refractivity contribution in [2.75, 3.05) is 69.7 Å². The molecular weight excluding hydrogens is 432 g/mol. The molecule has 1 aromatic heterocycles. The van der Waals surface area contributed by atoms with E-state index in [0.717, 1.165) is 57.1 Å². The van der Waals surface area contributed by atoms with Crippen LogP contribution in [0.4, 0.5) is 17.5 Å². The molecule has 3 rings (SSSR count). The number of nitrogens with one attached hydrogen (secondary N) is 1. The highest BCUT2D eigenvalue weighted by molar-refractivity contribution is 5.73. The van der Waals surface area contributed by atoms with Gasteiger partial charge in [0.25, 0.3) is 0 Å². The highest BCUT2D eigenvalue weighted by Crippen LogP contribution is 2.31. The standard InChI is InChI=1S/C25H38N6O3/c1-5-12-29(6-2)13-7-18-34-23-19-21(8-9-22(23)33-4)27-25-26-11-10-24(28-25)31-16-14-30(15-17-31)20(3)32/h8-11,19H,5-7,12-18H2,1-4H3,(H,26,27,28). The molecule has 0 aliphatic carbocycles. The Morgan fingerprint density at radius 2 is 1.91 bits per heavy atom. The average Bonchev–Trinajstić information content (AvgIpc) is 2.86. The normalized spacial score (nSPS) is 13.8. The van der Waals surface area contributed by atoms with Gasteiger partial charge < -0.3 is 29.5 Å². The van der Waals surface area contributed by atoms with Crippen molar-refractivity contribution >= 4 is 23.4 Å². The first-order chi connectivity index (χ1) is 16.5. The predicted molar refractivity (Wildman–Crippen MR) is 135 cm³/mol. The summed E-state index contributed by atoms with van der Waals surface area (Å²) in [6.07, 6.45) is 3.86. The lowest BCUT2D eigenvalue weighted by molar-refractivity contribution is -0.129. The van der Waals surface area contributed by atoms with E-state index in [1.807, 2.05) is 29.2 Å². The number of carbonyl (C=O) groups excluding carboxylic acids is 1. The molecule has 0 saturated carbocycles. The average molecular weight is 471 g/mol. The maximum absolute atomic E-state index is 11.6. The van der Waals surface area contributed by atoms with Crippen LogP contribution in [0.5, 0.6) is 11.5 Å². The lowest BCUT2D eigenvalue weighted by Gasteiger charge is -2.34. The molecule has 2 heterocycles. The summed E-state index contributed by atoms with van der Waals surface area (Å²) in [5.41, 5.74) is 0.829. The first kappa shape index (κ1) is 25.6. The number of amides is 1. The van der Waals surface area contributed by atoms with E-state index < -0.39 is 0 Å². The molecule has 1 fully saturated rings. The van der Waals surface area contributed by atoms with Gasteiger partial charge in [-0.25, -0.2) is 4.98 Å². The summed E-state index contributed by atoms with van der Waals surface area (Å²) >= 11 is 0. The van der Waals surface area contributed by atoms with Crippen LogP contribution in [-0.2, 0) is 4.79 Å². The zero-order valence-corrected chi connectivity index (χ0v) is 20.9. The number of aromatic nitrogens is 2. The molecule has 0 spiro atoms. The first-order valence-corrected chi connectivity index (χ1v) is 12.2. The minimum Gasteiger partial charge on any atom is -0.493 e. The fourth-order valence-electron chi connectivity index (χ4n) is 4.05. The Balaban J connectivity index is 1.60. The summed E-state index contributed by atoms with van der Waals surface area (Å²) in [6, 6.07) is 7.63. The van der Waals surface area contributed by atoms with E-state index in [1.54, 1.807) is 20.2 Å². The Hall–Kier alpha value is -3.07. The SMILES string of the molecule is CCCN(CC)CCCOc1cc(Nc2nccc(N3CCN(C(C)=O)CC3)n2)ccc1OC. The maximum Gasteiger partial charge on any atom is 0.229 e. The highest BCUT2D eigenvalue weighted by Gasteiger charge is 2.20. The fraction of sp³-hybridized carbons (Fsp3) is 0.560. The van der Waals surface area contributed by atoms with Gasteiger partial charge in [0.15, 0.2) is 11.5 Å². The molecular formula is C25H38N6O3. The number of carbonyl (C=O) groups is 1. The van der Waals surface area contributed by atoms with Crippen molar-refractivity contribution in [1.82, 2.24) is 19.8 Å². The molecule has 2 aromatic rings. The molecule has 9 nitrogen and oxygen atoms in total. The van der Waals surface area contributed by atoms with Crippen molar-refractivity contribution < 1.29 is 14.3 Å². The molecule has 0 unspecified atom stereocenters. The quantitative estimate of drug-likeness (QED) is 0.473. The zero-order chi connectivity index (χ0) is 24.3. The number of anilines is 3. The molecule has 1 aliphatic rings. The number of nitrogens with zero attached hydrogens (tertiary/aromatic N) is 5. The van der Waals surface area contributed by atoms with Gasteiger partial charge in [-0.3, -0.25) is 4.79 Å². The second-order valence-electron chi connectivity index (χ2n) is 8.36. The summed E-state index contributed by atoms with van der Waals surface area (Å²) in [7, 11) is 1.65. The van der Waals surface area contributed by atoms with E-state index in [2.05, 4.69) is 38.9 Å². The van der Waals surface area contributed by atoms with Crippen LogP contribution in [0.15, 0.2) is 30.5 Å². The molecule has 1 amide bonds. The highest BCUT2D eigenvalue weighted by atomic mass is 16.5.